The van der Waals surface area contributed by atoms with Gasteiger partial charge in [-0.2, -0.15) is 0 Å². The number of likely N-dealkylation sites (N-methyl/N-ethyl adjacent to an activating group) is 1. The Bertz CT molecular complexity index is 732. The second kappa shape index (κ2) is 9.08. The first kappa shape index (κ1) is 18.8. The largest absolute Gasteiger partial charge is 0.350 e. The molecule has 0 radical (unpaired) electrons. The van der Waals surface area contributed by atoms with Crippen LogP contribution < -0.4 is 10.6 Å². The number of hydrogen-bond donors (Lipinski definition) is 2. The van der Waals surface area contributed by atoms with Crippen molar-refractivity contribution in [1.82, 2.24) is 10.2 Å². The lowest BCUT2D eigenvalue weighted by atomic mass is 10.2. The first-order valence-corrected chi connectivity index (χ1v) is 8.49. The van der Waals surface area contributed by atoms with Crippen LogP contribution in [0.1, 0.15) is 18.1 Å². The summed E-state index contributed by atoms with van der Waals surface area (Å²) in [5.74, 6) is -0.212. The summed E-state index contributed by atoms with van der Waals surface area (Å²) in [4.78, 5) is 25.9. The summed E-state index contributed by atoms with van der Waals surface area (Å²) < 4.78 is 0. The predicted octanol–water partition coefficient (Wildman–Crippen LogP) is 3.82. The SMILES string of the molecule is CCN(CC(=O)NCc1ccc(Cl)cc1)C(=O)Nc1cccc(C)c1. The molecule has 0 fully saturated rings. The minimum atomic E-state index is -0.297. The fraction of sp³-hybridized carbons (Fsp3) is 0.263. The van der Waals surface area contributed by atoms with E-state index in [0.29, 0.717) is 23.8 Å². The summed E-state index contributed by atoms with van der Waals surface area (Å²) in [5.41, 5.74) is 2.72. The van der Waals surface area contributed by atoms with E-state index in [1.54, 1.807) is 12.1 Å². The maximum Gasteiger partial charge on any atom is 0.322 e. The average Bonchev–Trinajstić information content (AvgIpc) is 2.59. The van der Waals surface area contributed by atoms with Gasteiger partial charge < -0.3 is 15.5 Å². The van der Waals surface area contributed by atoms with E-state index in [4.69, 9.17) is 11.6 Å². The van der Waals surface area contributed by atoms with E-state index < -0.39 is 0 Å². The van der Waals surface area contributed by atoms with Gasteiger partial charge in [-0.1, -0.05) is 35.9 Å². The van der Waals surface area contributed by atoms with Crippen LogP contribution in [0.15, 0.2) is 48.5 Å². The molecule has 0 saturated heterocycles. The third kappa shape index (κ3) is 6.12. The summed E-state index contributed by atoms with van der Waals surface area (Å²) >= 11 is 5.83. The van der Waals surface area contributed by atoms with E-state index in [1.165, 1.54) is 4.90 Å². The Morgan fingerprint density at radius 2 is 1.84 bits per heavy atom. The number of nitrogens with one attached hydrogen (secondary N) is 2. The van der Waals surface area contributed by atoms with E-state index in [0.717, 1.165) is 11.1 Å². The molecule has 0 aliphatic heterocycles. The van der Waals surface area contributed by atoms with Crippen LogP contribution >= 0.6 is 11.6 Å². The van der Waals surface area contributed by atoms with Crippen LogP contribution in [-0.4, -0.2) is 29.9 Å². The van der Waals surface area contributed by atoms with Crippen LogP contribution in [0.4, 0.5) is 10.5 Å². The maximum atomic E-state index is 12.3. The number of urea groups is 1. The van der Waals surface area contributed by atoms with Crippen molar-refractivity contribution in [3.8, 4) is 0 Å². The fourth-order valence-corrected chi connectivity index (χ4v) is 2.41. The molecule has 6 heteroatoms. The zero-order valence-corrected chi connectivity index (χ0v) is 15.1. The highest BCUT2D eigenvalue weighted by Gasteiger charge is 2.15. The van der Waals surface area contributed by atoms with Gasteiger partial charge in [0.2, 0.25) is 5.91 Å². The molecule has 2 N–H and O–H groups in total. The average molecular weight is 360 g/mol. The van der Waals surface area contributed by atoms with Gasteiger partial charge in [0.1, 0.15) is 6.54 Å². The summed E-state index contributed by atoms with van der Waals surface area (Å²) in [5, 5.41) is 6.27. The van der Waals surface area contributed by atoms with Gasteiger partial charge in [0.25, 0.3) is 0 Å². The number of benzene rings is 2. The van der Waals surface area contributed by atoms with Crippen LogP contribution in [0.25, 0.3) is 0 Å². The number of halogens is 1. The first-order chi connectivity index (χ1) is 12.0. The van der Waals surface area contributed by atoms with Crippen LogP contribution in [0, 0.1) is 6.92 Å². The predicted molar refractivity (Wildman–Crippen MR) is 101 cm³/mol. The fourth-order valence-electron chi connectivity index (χ4n) is 2.28. The quantitative estimate of drug-likeness (QED) is 0.823. The monoisotopic (exact) mass is 359 g/mol. The number of anilines is 1. The molecule has 2 aromatic rings. The number of carbonyl (C=O) groups is 2. The standard InChI is InChI=1S/C19H22ClN3O2/c1-3-23(19(25)22-17-6-4-5-14(2)11-17)13-18(24)21-12-15-7-9-16(20)10-8-15/h4-11H,3,12-13H2,1-2H3,(H,21,24)(H,22,25). The molecule has 0 saturated carbocycles. The molecule has 2 rings (SSSR count). The van der Waals surface area contributed by atoms with Gasteiger partial charge in [-0.05, 0) is 49.2 Å². The molecule has 0 aliphatic carbocycles. The number of carbonyl (C=O) groups excluding carboxylic acids is 2. The molecule has 25 heavy (non-hydrogen) atoms. The number of amides is 3. The summed E-state index contributed by atoms with van der Waals surface area (Å²) in [6.07, 6.45) is 0. The minimum absolute atomic E-state index is 0.00172. The number of hydrogen-bond acceptors (Lipinski definition) is 2. The lowest BCUT2D eigenvalue weighted by Crippen LogP contribution is -2.42. The lowest BCUT2D eigenvalue weighted by Gasteiger charge is -2.21. The van der Waals surface area contributed by atoms with Gasteiger partial charge >= 0.3 is 6.03 Å². The van der Waals surface area contributed by atoms with Crippen molar-refractivity contribution in [3.05, 3.63) is 64.7 Å². The highest BCUT2D eigenvalue weighted by molar-refractivity contribution is 6.30. The molecular weight excluding hydrogens is 338 g/mol. The second-order valence-corrected chi connectivity index (χ2v) is 6.15. The molecule has 0 bridgehead atoms. The van der Waals surface area contributed by atoms with Crippen LogP contribution in [-0.2, 0) is 11.3 Å². The zero-order valence-electron chi connectivity index (χ0n) is 14.4. The van der Waals surface area contributed by atoms with E-state index in [1.807, 2.05) is 50.2 Å². The Morgan fingerprint density at radius 3 is 2.48 bits per heavy atom. The Labute approximate surface area is 153 Å². The Morgan fingerprint density at radius 1 is 1.12 bits per heavy atom. The molecule has 0 atom stereocenters. The van der Waals surface area contributed by atoms with Crippen LogP contribution in [0.2, 0.25) is 5.02 Å². The van der Waals surface area contributed by atoms with Crippen molar-refractivity contribution in [1.29, 1.82) is 0 Å². The minimum Gasteiger partial charge on any atom is -0.350 e. The first-order valence-electron chi connectivity index (χ1n) is 8.11. The highest BCUT2D eigenvalue weighted by atomic mass is 35.5. The van der Waals surface area contributed by atoms with E-state index >= 15 is 0 Å². The second-order valence-electron chi connectivity index (χ2n) is 5.72. The molecule has 0 aromatic heterocycles. The maximum absolute atomic E-state index is 12.3. The Balaban J connectivity index is 1.86. The molecule has 0 heterocycles. The molecule has 5 nitrogen and oxygen atoms in total. The topological polar surface area (TPSA) is 61.4 Å². The molecule has 0 unspecified atom stereocenters. The highest BCUT2D eigenvalue weighted by Crippen LogP contribution is 2.11. The Kier molecular flexibility index (Phi) is 6.83. The van der Waals surface area contributed by atoms with Gasteiger partial charge in [0, 0.05) is 23.8 Å². The number of nitrogens with zero attached hydrogens (tertiary/aromatic N) is 1. The van der Waals surface area contributed by atoms with Crippen molar-refractivity contribution < 1.29 is 9.59 Å². The van der Waals surface area contributed by atoms with Gasteiger partial charge in [-0.25, -0.2) is 4.79 Å². The van der Waals surface area contributed by atoms with Crippen molar-refractivity contribution in [2.24, 2.45) is 0 Å². The van der Waals surface area contributed by atoms with E-state index in [-0.39, 0.29) is 18.5 Å². The van der Waals surface area contributed by atoms with Crippen LogP contribution in [0.5, 0.6) is 0 Å². The third-order valence-corrected chi connectivity index (χ3v) is 3.93. The van der Waals surface area contributed by atoms with Gasteiger partial charge in [-0.3, -0.25) is 4.79 Å². The zero-order chi connectivity index (χ0) is 18.2. The molecule has 2 aromatic carbocycles. The lowest BCUT2D eigenvalue weighted by molar-refractivity contribution is -0.121. The summed E-state index contributed by atoms with van der Waals surface area (Å²) in [6, 6.07) is 14.5. The van der Waals surface area contributed by atoms with Crippen molar-refractivity contribution >= 4 is 29.2 Å². The van der Waals surface area contributed by atoms with Gasteiger partial charge in [0.05, 0.1) is 0 Å². The summed E-state index contributed by atoms with van der Waals surface area (Å²) in [7, 11) is 0. The van der Waals surface area contributed by atoms with Crippen LogP contribution in [0.3, 0.4) is 0 Å². The van der Waals surface area contributed by atoms with E-state index in [2.05, 4.69) is 10.6 Å². The molecule has 3 amide bonds. The third-order valence-electron chi connectivity index (χ3n) is 3.68. The van der Waals surface area contributed by atoms with E-state index in [9.17, 15) is 9.59 Å². The molecule has 0 aliphatic rings. The van der Waals surface area contributed by atoms with Crippen molar-refractivity contribution in [3.63, 3.8) is 0 Å². The number of rotatable bonds is 6. The molecule has 132 valence electrons. The Hall–Kier alpha value is -2.53. The van der Waals surface area contributed by atoms with Crippen molar-refractivity contribution in [2.75, 3.05) is 18.4 Å². The molecular formula is C19H22ClN3O2. The smallest absolute Gasteiger partial charge is 0.322 e. The molecule has 0 spiro atoms. The van der Waals surface area contributed by atoms with Gasteiger partial charge in [-0.15, -0.1) is 0 Å². The number of aryl methyl sites for hydroxylation is 1. The normalized spacial score (nSPS) is 10.2. The van der Waals surface area contributed by atoms with Crippen molar-refractivity contribution in [2.45, 2.75) is 20.4 Å². The summed E-state index contributed by atoms with van der Waals surface area (Å²) in [6.45, 7) is 4.63. The van der Waals surface area contributed by atoms with Gasteiger partial charge in [0.15, 0.2) is 0 Å².